The zero-order valence-corrected chi connectivity index (χ0v) is 19.2. The summed E-state index contributed by atoms with van der Waals surface area (Å²) in [6, 6.07) is 18.9. The van der Waals surface area contributed by atoms with Crippen molar-refractivity contribution in [1.82, 2.24) is 4.90 Å². The van der Waals surface area contributed by atoms with Crippen molar-refractivity contribution >= 4 is 23.5 Å². The van der Waals surface area contributed by atoms with Gasteiger partial charge in [-0.1, -0.05) is 38.1 Å². The van der Waals surface area contributed by atoms with E-state index in [0.29, 0.717) is 29.1 Å². The molecule has 34 heavy (non-hydrogen) atoms. The van der Waals surface area contributed by atoms with Crippen LogP contribution in [0.4, 0.5) is 5.69 Å². The van der Waals surface area contributed by atoms with Crippen LogP contribution in [0.2, 0.25) is 0 Å². The van der Waals surface area contributed by atoms with Crippen molar-refractivity contribution in [1.29, 1.82) is 0 Å². The fourth-order valence-corrected chi connectivity index (χ4v) is 4.20. The Labute approximate surface area is 198 Å². The summed E-state index contributed by atoms with van der Waals surface area (Å²) >= 11 is 0. The number of carbonyl (C=O) groups is 3. The zero-order valence-electron chi connectivity index (χ0n) is 19.2. The van der Waals surface area contributed by atoms with E-state index in [4.69, 9.17) is 4.74 Å². The van der Waals surface area contributed by atoms with Gasteiger partial charge in [0.05, 0.1) is 7.11 Å². The van der Waals surface area contributed by atoms with E-state index in [2.05, 4.69) is 5.32 Å². The molecular weight excluding hydrogens is 432 g/mol. The molecule has 0 spiro atoms. The lowest BCUT2D eigenvalue weighted by Crippen LogP contribution is -2.44. The Morgan fingerprint density at radius 3 is 2.21 bits per heavy atom. The van der Waals surface area contributed by atoms with E-state index in [1.54, 1.807) is 57.4 Å². The summed E-state index contributed by atoms with van der Waals surface area (Å²) in [5.74, 6) is -1.00. The molecule has 2 N–H and O–H groups in total. The van der Waals surface area contributed by atoms with E-state index in [-0.39, 0.29) is 17.7 Å². The minimum atomic E-state index is -0.997. The standard InChI is InChI=1S/C27H26N2O5/c1-16(2)24(27(32)33)29-15-20-5-4-19(14-23(20)26(29)31)17-6-10-21(11-7-17)28-25(30)18-8-12-22(34-3)13-9-18/h4-14,16,24H,15H2,1-3H3,(H,28,30)(H,32,33)/t24-/m0/s1. The number of hydrogen-bond donors (Lipinski definition) is 2. The van der Waals surface area contributed by atoms with Crippen molar-refractivity contribution in [2.75, 3.05) is 12.4 Å². The SMILES string of the molecule is COc1ccc(C(=O)Nc2ccc(-c3ccc4c(c3)C(=O)N([C@H](C(=O)O)C(C)C)C4)cc2)cc1. The van der Waals surface area contributed by atoms with E-state index in [9.17, 15) is 19.5 Å². The molecule has 0 saturated carbocycles. The fraction of sp³-hybridized carbons (Fsp3) is 0.222. The predicted octanol–water partition coefficient (Wildman–Crippen LogP) is 4.68. The fourth-order valence-electron chi connectivity index (χ4n) is 4.20. The molecule has 1 heterocycles. The van der Waals surface area contributed by atoms with Gasteiger partial charge in [-0.15, -0.1) is 0 Å². The number of carboxylic acid groups (broad SMARTS) is 1. The average Bonchev–Trinajstić information content (AvgIpc) is 3.14. The third kappa shape index (κ3) is 4.50. The minimum absolute atomic E-state index is 0.198. The Bertz CT molecular complexity index is 1230. The highest BCUT2D eigenvalue weighted by molar-refractivity contribution is 6.04. The van der Waals surface area contributed by atoms with Crippen LogP contribution in [0.3, 0.4) is 0 Å². The lowest BCUT2D eigenvalue weighted by Gasteiger charge is -2.27. The van der Waals surface area contributed by atoms with E-state index >= 15 is 0 Å². The molecule has 174 valence electrons. The summed E-state index contributed by atoms with van der Waals surface area (Å²) < 4.78 is 5.11. The van der Waals surface area contributed by atoms with Crippen LogP contribution in [0.25, 0.3) is 11.1 Å². The first kappa shape index (κ1) is 23.0. The average molecular weight is 459 g/mol. The van der Waals surface area contributed by atoms with Gasteiger partial charge in [-0.2, -0.15) is 0 Å². The van der Waals surface area contributed by atoms with Crippen LogP contribution in [0.15, 0.2) is 66.7 Å². The van der Waals surface area contributed by atoms with Gasteiger partial charge in [0.1, 0.15) is 11.8 Å². The second-order valence-corrected chi connectivity index (χ2v) is 8.59. The Balaban J connectivity index is 1.50. The Kier molecular flexibility index (Phi) is 6.36. The number of benzene rings is 3. The van der Waals surface area contributed by atoms with Crippen molar-refractivity contribution in [2.24, 2.45) is 5.92 Å². The van der Waals surface area contributed by atoms with E-state index in [1.807, 2.05) is 30.3 Å². The molecule has 7 nitrogen and oxygen atoms in total. The zero-order chi connectivity index (χ0) is 24.4. The van der Waals surface area contributed by atoms with E-state index in [1.165, 1.54) is 4.90 Å². The lowest BCUT2D eigenvalue weighted by molar-refractivity contribution is -0.144. The maximum atomic E-state index is 13.0. The highest BCUT2D eigenvalue weighted by atomic mass is 16.5. The van der Waals surface area contributed by atoms with Gasteiger partial charge in [0, 0.05) is 23.4 Å². The van der Waals surface area contributed by atoms with E-state index < -0.39 is 12.0 Å². The number of rotatable bonds is 7. The number of aliphatic carboxylic acids is 1. The molecule has 0 saturated heterocycles. The number of nitrogens with one attached hydrogen (secondary N) is 1. The number of fused-ring (bicyclic) bond motifs is 1. The van der Waals surface area contributed by atoms with Crippen molar-refractivity contribution in [3.05, 3.63) is 83.4 Å². The maximum absolute atomic E-state index is 13.0. The summed E-state index contributed by atoms with van der Waals surface area (Å²) in [5, 5.41) is 12.5. The van der Waals surface area contributed by atoms with Crippen LogP contribution < -0.4 is 10.1 Å². The molecule has 0 aromatic heterocycles. The third-order valence-corrected chi connectivity index (χ3v) is 5.99. The summed E-state index contributed by atoms with van der Waals surface area (Å²) in [6.07, 6.45) is 0. The smallest absolute Gasteiger partial charge is 0.326 e. The monoisotopic (exact) mass is 458 g/mol. The van der Waals surface area contributed by atoms with Crippen molar-refractivity contribution in [3.8, 4) is 16.9 Å². The van der Waals surface area contributed by atoms with Gasteiger partial charge in [0.25, 0.3) is 11.8 Å². The normalized spacial score (nSPS) is 13.5. The van der Waals surface area contributed by atoms with Crippen LogP contribution in [-0.2, 0) is 11.3 Å². The van der Waals surface area contributed by atoms with Gasteiger partial charge >= 0.3 is 5.97 Å². The molecule has 0 aliphatic carbocycles. The van der Waals surface area contributed by atoms with Crippen LogP contribution >= 0.6 is 0 Å². The molecule has 2 amide bonds. The van der Waals surface area contributed by atoms with Gasteiger partial charge in [0.2, 0.25) is 0 Å². The highest BCUT2D eigenvalue weighted by Crippen LogP contribution is 2.31. The minimum Gasteiger partial charge on any atom is -0.497 e. The van der Waals surface area contributed by atoms with Crippen molar-refractivity contribution in [2.45, 2.75) is 26.4 Å². The van der Waals surface area contributed by atoms with Crippen LogP contribution in [0, 0.1) is 5.92 Å². The molecule has 3 aromatic rings. The first-order valence-electron chi connectivity index (χ1n) is 11.0. The number of carboxylic acids is 1. The largest absolute Gasteiger partial charge is 0.497 e. The molecule has 0 radical (unpaired) electrons. The van der Waals surface area contributed by atoms with E-state index in [0.717, 1.165) is 16.7 Å². The maximum Gasteiger partial charge on any atom is 0.326 e. The second kappa shape index (κ2) is 9.39. The summed E-state index contributed by atoms with van der Waals surface area (Å²) in [4.78, 5) is 38.6. The van der Waals surface area contributed by atoms with Gasteiger partial charge in [-0.3, -0.25) is 9.59 Å². The quantitative estimate of drug-likeness (QED) is 0.536. The number of carbonyl (C=O) groups excluding carboxylic acids is 2. The Morgan fingerprint density at radius 1 is 0.971 bits per heavy atom. The van der Waals surface area contributed by atoms with Crippen molar-refractivity contribution in [3.63, 3.8) is 0 Å². The van der Waals surface area contributed by atoms with Crippen LogP contribution in [0.1, 0.15) is 40.1 Å². The van der Waals surface area contributed by atoms with Crippen LogP contribution in [0.5, 0.6) is 5.75 Å². The van der Waals surface area contributed by atoms with Crippen molar-refractivity contribution < 1.29 is 24.2 Å². The summed E-state index contributed by atoms with van der Waals surface area (Å²) in [5.41, 5.74) is 4.25. The number of hydrogen-bond acceptors (Lipinski definition) is 4. The highest BCUT2D eigenvalue weighted by Gasteiger charge is 2.38. The Hall–Kier alpha value is -4.13. The molecule has 1 atom stereocenters. The second-order valence-electron chi connectivity index (χ2n) is 8.59. The van der Waals surface area contributed by atoms with Gasteiger partial charge in [-0.25, -0.2) is 4.79 Å². The first-order chi connectivity index (χ1) is 16.3. The van der Waals surface area contributed by atoms with Gasteiger partial charge < -0.3 is 20.1 Å². The molecule has 3 aromatic carbocycles. The number of nitrogens with zero attached hydrogens (tertiary/aromatic N) is 1. The van der Waals surface area contributed by atoms with Crippen LogP contribution in [-0.4, -0.2) is 40.9 Å². The summed E-state index contributed by atoms with van der Waals surface area (Å²) in [7, 11) is 1.57. The molecule has 7 heteroatoms. The molecule has 0 fully saturated rings. The molecule has 0 unspecified atom stereocenters. The number of amides is 2. The molecule has 1 aliphatic rings. The molecule has 1 aliphatic heterocycles. The van der Waals surface area contributed by atoms with Gasteiger partial charge in [0.15, 0.2) is 0 Å². The Morgan fingerprint density at radius 2 is 1.62 bits per heavy atom. The number of methoxy groups -OCH3 is 1. The molecule has 4 rings (SSSR count). The number of anilines is 1. The summed E-state index contributed by atoms with van der Waals surface area (Å²) in [6.45, 7) is 3.89. The van der Waals surface area contributed by atoms with Gasteiger partial charge in [-0.05, 0) is 65.1 Å². The predicted molar refractivity (Wildman–Crippen MR) is 129 cm³/mol. The third-order valence-electron chi connectivity index (χ3n) is 5.99. The first-order valence-corrected chi connectivity index (χ1v) is 11.0. The molecular formula is C27H26N2O5. The molecule has 0 bridgehead atoms. The topological polar surface area (TPSA) is 95.9 Å². The lowest BCUT2D eigenvalue weighted by atomic mass is 10.00. The number of ether oxygens (including phenoxy) is 1.